The van der Waals surface area contributed by atoms with Crippen LogP contribution >= 0.6 is 11.6 Å². The van der Waals surface area contributed by atoms with E-state index in [2.05, 4.69) is 0 Å². The Morgan fingerprint density at radius 3 is 1.88 bits per heavy atom. The van der Waals surface area contributed by atoms with Gasteiger partial charge in [0.2, 0.25) is 0 Å². The molecule has 43 heavy (non-hydrogen) atoms. The fraction of sp³-hybridized carbons (Fsp3) is 0.250. The number of allylic oxidation sites excluding steroid dienone is 2. The van der Waals surface area contributed by atoms with E-state index in [0.717, 1.165) is 16.4 Å². The number of carbonyl (C=O) groups is 4. The number of nitro benzene ring substituents is 1. The molecule has 1 aliphatic heterocycles. The molecule has 3 aromatic rings. The van der Waals surface area contributed by atoms with Crippen molar-refractivity contribution in [1.82, 2.24) is 10.0 Å². The number of amides is 3. The number of Topliss-reactive ketones (excluding diaryl/α,β-unsaturated/α-hetero) is 1. The molecule has 8 rings (SSSR count). The number of nitrogens with zero attached hydrogens (tertiary/aromatic N) is 3. The Hall–Kier alpha value is -4.83. The lowest BCUT2D eigenvalue weighted by Crippen LogP contribution is -2.52. The molecule has 216 valence electrons. The summed E-state index contributed by atoms with van der Waals surface area (Å²) in [6.45, 7) is -0.531. The first-order valence-electron chi connectivity index (χ1n) is 13.9. The molecule has 0 aromatic heterocycles. The average molecular weight is 598 g/mol. The number of hydrogen-bond acceptors (Lipinski definition) is 7. The number of rotatable bonds is 8. The Labute approximate surface area is 250 Å². The van der Waals surface area contributed by atoms with Crippen LogP contribution < -0.4 is 4.74 Å². The third-order valence-electron chi connectivity index (χ3n) is 8.96. The summed E-state index contributed by atoms with van der Waals surface area (Å²) in [7, 11) is 0. The summed E-state index contributed by atoms with van der Waals surface area (Å²) >= 11 is 6.01. The number of hydrazine groups is 1. The molecule has 0 unspecified atom stereocenters. The molecule has 0 radical (unpaired) electrons. The summed E-state index contributed by atoms with van der Waals surface area (Å²) in [5, 5.41) is 13.2. The molecule has 3 amide bonds. The quantitative estimate of drug-likeness (QED) is 0.113. The maximum atomic E-state index is 13.8. The summed E-state index contributed by atoms with van der Waals surface area (Å²) < 4.78 is 5.72. The normalized spacial score (nSPS) is 26.1. The van der Waals surface area contributed by atoms with Crippen molar-refractivity contribution in [1.29, 1.82) is 0 Å². The van der Waals surface area contributed by atoms with Crippen molar-refractivity contribution in [3.63, 3.8) is 0 Å². The van der Waals surface area contributed by atoms with Crippen LogP contribution in [0.15, 0.2) is 84.9 Å². The molecular formula is C32H24ClN3O7. The van der Waals surface area contributed by atoms with Crippen molar-refractivity contribution < 1.29 is 28.8 Å². The number of ether oxygens (including phenoxy) is 1. The second kappa shape index (κ2) is 10.2. The number of hydrogen-bond donors (Lipinski definition) is 0. The first-order chi connectivity index (χ1) is 20.7. The van der Waals surface area contributed by atoms with E-state index in [0.29, 0.717) is 28.4 Å². The van der Waals surface area contributed by atoms with E-state index < -0.39 is 46.8 Å². The van der Waals surface area contributed by atoms with Crippen LogP contribution in [-0.2, 0) is 9.59 Å². The lowest BCUT2D eigenvalue weighted by atomic mass is 9.63. The first kappa shape index (κ1) is 27.0. The van der Waals surface area contributed by atoms with Crippen molar-refractivity contribution in [2.24, 2.45) is 35.5 Å². The zero-order chi connectivity index (χ0) is 30.0. The molecule has 2 bridgehead atoms. The van der Waals surface area contributed by atoms with Crippen molar-refractivity contribution in [2.75, 3.05) is 6.54 Å². The minimum absolute atomic E-state index is 0.0343. The largest absolute Gasteiger partial charge is 0.457 e. The molecule has 0 spiro atoms. The van der Waals surface area contributed by atoms with Crippen LogP contribution in [0.3, 0.4) is 0 Å². The maximum absolute atomic E-state index is 13.8. The van der Waals surface area contributed by atoms with Crippen LogP contribution in [0.2, 0.25) is 5.02 Å². The Kier molecular flexibility index (Phi) is 6.39. The second-order valence-electron chi connectivity index (χ2n) is 11.3. The van der Waals surface area contributed by atoms with Gasteiger partial charge in [0.1, 0.15) is 18.0 Å². The standard InChI is InChI=1S/C32H24ClN3O7/c33-19-5-1-18(2-6-19)30(38)34(35-31(39)28-23-13-14-24(26-15-25(23)26)29(28)32(35)40)16-27(37)17-3-9-21(10-4-17)43-22-11-7-20(8-12-22)36(41)42/h1-14,23-26,28-29H,15-16H2/t23-,24-,25-,26+,28-,29+/m0/s1. The van der Waals surface area contributed by atoms with E-state index in [1.54, 1.807) is 12.1 Å². The predicted molar refractivity (Wildman–Crippen MR) is 153 cm³/mol. The van der Waals surface area contributed by atoms with Gasteiger partial charge in [-0.2, -0.15) is 5.01 Å². The van der Waals surface area contributed by atoms with E-state index in [9.17, 15) is 29.3 Å². The van der Waals surface area contributed by atoms with Gasteiger partial charge < -0.3 is 4.74 Å². The van der Waals surface area contributed by atoms with Crippen molar-refractivity contribution >= 4 is 40.8 Å². The Morgan fingerprint density at radius 1 is 0.837 bits per heavy atom. The summed E-state index contributed by atoms with van der Waals surface area (Å²) in [5.41, 5.74) is 0.355. The molecule has 3 fully saturated rings. The zero-order valence-corrected chi connectivity index (χ0v) is 23.3. The van der Waals surface area contributed by atoms with Gasteiger partial charge in [0.15, 0.2) is 5.78 Å². The van der Waals surface area contributed by atoms with Gasteiger partial charge in [-0.05, 0) is 90.8 Å². The van der Waals surface area contributed by atoms with Crippen LogP contribution in [0.4, 0.5) is 5.69 Å². The van der Waals surface area contributed by atoms with E-state index >= 15 is 0 Å². The molecule has 11 heteroatoms. The highest BCUT2D eigenvalue weighted by molar-refractivity contribution is 6.30. The molecule has 10 nitrogen and oxygen atoms in total. The fourth-order valence-corrected chi connectivity index (χ4v) is 6.99. The Bertz CT molecular complexity index is 1670. The average Bonchev–Trinajstić information content (AvgIpc) is 3.79. The number of imide groups is 1. The van der Waals surface area contributed by atoms with Gasteiger partial charge in [0.05, 0.1) is 16.8 Å². The molecule has 5 aliphatic rings. The van der Waals surface area contributed by atoms with Crippen molar-refractivity contribution in [3.8, 4) is 11.5 Å². The van der Waals surface area contributed by atoms with E-state index in [1.807, 2.05) is 12.2 Å². The highest BCUT2D eigenvalue weighted by Crippen LogP contribution is 2.65. The van der Waals surface area contributed by atoms with Gasteiger partial charge >= 0.3 is 0 Å². The fourth-order valence-electron chi connectivity index (χ4n) is 6.86. The van der Waals surface area contributed by atoms with Crippen LogP contribution in [-0.4, -0.2) is 45.0 Å². The molecule has 6 atom stereocenters. The highest BCUT2D eigenvalue weighted by atomic mass is 35.5. The minimum Gasteiger partial charge on any atom is -0.457 e. The smallest absolute Gasteiger partial charge is 0.273 e. The van der Waals surface area contributed by atoms with Gasteiger partial charge in [-0.1, -0.05) is 23.8 Å². The first-order valence-corrected chi connectivity index (χ1v) is 14.3. The molecular weight excluding hydrogens is 574 g/mol. The Morgan fingerprint density at radius 2 is 1.35 bits per heavy atom. The van der Waals surface area contributed by atoms with Crippen LogP contribution in [0, 0.1) is 45.6 Å². The van der Waals surface area contributed by atoms with Crippen LogP contribution in [0.1, 0.15) is 27.1 Å². The maximum Gasteiger partial charge on any atom is 0.273 e. The summed E-state index contributed by atoms with van der Waals surface area (Å²) in [5.74, 6) is -1.62. The molecule has 1 heterocycles. The molecule has 0 N–H and O–H groups in total. The van der Waals surface area contributed by atoms with E-state index in [1.165, 1.54) is 60.7 Å². The van der Waals surface area contributed by atoms with Gasteiger partial charge in [-0.3, -0.25) is 29.3 Å². The third-order valence-corrected chi connectivity index (χ3v) is 9.21. The van der Waals surface area contributed by atoms with Gasteiger partial charge in [-0.15, -0.1) is 0 Å². The number of non-ortho nitro benzene ring substituents is 1. The molecule has 2 saturated carbocycles. The topological polar surface area (TPSA) is 127 Å². The summed E-state index contributed by atoms with van der Waals surface area (Å²) in [6, 6.07) is 17.7. The summed E-state index contributed by atoms with van der Waals surface area (Å²) in [4.78, 5) is 65.3. The molecule has 3 aromatic carbocycles. The zero-order valence-electron chi connectivity index (χ0n) is 22.5. The lowest BCUT2D eigenvalue weighted by Gasteiger charge is -2.37. The van der Waals surface area contributed by atoms with Crippen molar-refractivity contribution in [2.45, 2.75) is 6.42 Å². The highest BCUT2D eigenvalue weighted by Gasteiger charge is 2.68. The van der Waals surface area contributed by atoms with Crippen LogP contribution in [0.25, 0.3) is 0 Å². The van der Waals surface area contributed by atoms with Crippen LogP contribution in [0.5, 0.6) is 11.5 Å². The van der Waals surface area contributed by atoms with E-state index in [4.69, 9.17) is 16.3 Å². The van der Waals surface area contributed by atoms with Crippen molar-refractivity contribution in [3.05, 3.63) is 111 Å². The number of benzene rings is 3. The van der Waals surface area contributed by atoms with E-state index in [-0.39, 0.29) is 28.7 Å². The second-order valence-corrected chi connectivity index (χ2v) is 11.7. The molecule has 4 aliphatic carbocycles. The van der Waals surface area contributed by atoms with Gasteiger partial charge in [0.25, 0.3) is 23.4 Å². The lowest BCUT2D eigenvalue weighted by molar-refractivity contribution is -0.384. The number of nitro groups is 1. The monoisotopic (exact) mass is 597 g/mol. The summed E-state index contributed by atoms with van der Waals surface area (Å²) in [6.07, 6.45) is 5.10. The predicted octanol–water partition coefficient (Wildman–Crippen LogP) is 5.33. The van der Waals surface area contributed by atoms with Gasteiger partial charge in [-0.25, -0.2) is 5.01 Å². The third kappa shape index (κ3) is 4.58. The number of halogens is 1. The molecule has 1 saturated heterocycles. The number of ketones is 1. The number of carbonyl (C=O) groups excluding carboxylic acids is 4. The minimum atomic E-state index is -0.658. The SMILES string of the molecule is O=C(CN(C(=O)c1ccc(Cl)cc1)N1C(=O)[C@@H]2[C@H]3C=C[C@@H]([C@@H]4C[C@H]34)[C@@H]2C1=O)c1ccc(Oc2ccc([N+](=O)[O-])cc2)cc1. The van der Waals surface area contributed by atoms with Gasteiger partial charge in [0, 0.05) is 28.3 Å². The Balaban J connectivity index is 1.14.